The summed E-state index contributed by atoms with van der Waals surface area (Å²) in [4.78, 5) is 0. The molecule has 0 amide bonds. The van der Waals surface area contributed by atoms with Crippen molar-refractivity contribution in [1.29, 1.82) is 0 Å². The van der Waals surface area contributed by atoms with Gasteiger partial charge < -0.3 is 14.8 Å². The summed E-state index contributed by atoms with van der Waals surface area (Å²) in [6.07, 6.45) is 0. The smallest absolute Gasteiger partial charge is 0.504 e. The Morgan fingerprint density at radius 3 is 2.36 bits per heavy atom. The number of hydrogen-bond donors (Lipinski definition) is 2. The molecule has 0 radical (unpaired) electrons. The summed E-state index contributed by atoms with van der Waals surface area (Å²) in [5.74, 6) is 0.368. The molecule has 0 fully saturated rings. The summed E-state index contributed by atoms with van der Waals surface area (Å²) in [6, 6.07) is 5.20. The molecule has 0 aliphatic heterocycles. The van der Waals surface area contributed by atoms with Crippen molar-refractivity contribution in [3.63, 3.8) is 0 Å². The lowest BCUT2D eigenvalue weighted by molar-refractivity contribution is 0.408. The second-order valence-corrected chi connectivity index (χ2v) is 4.21. The average Bonchev–Trinajstić information content (AvgIpc) is 2.07. The molecule has 0 unspecified atom stereocenters. The number of phenols is 1. The molecule has 0 heterocycles. The summed E-state index contributed by atoms with van der Waals surface area (Å²) in [7, 11) is -0.428. The molecule has 0 saturated carbocycles. The molecule has 3 nitrogen and oxygen atoms in total. The van der Waals surface area contributed by atoms with E-state index in [9.17, 15) is 5.11 Å². The second-order valence-electron chi connectivity index (χ2n) is 4.21. The summed E-state index contributed by atoms with van der Waals surface area (Å²) in [5, 5.41) is 18.1. The molecule has 76 valence electrons. The molecule has 14 heavy (non-hydrogen) atoms. The minimum absolute atomic E-state index is 0.00474. The first kappa shape index (κ1) is 10.9. The fourth-order valence-electron chi connectivity index (χ4n) is 1.18. The number of benzene rings is 1. The third-order valence-corrected chi connectivity index (χ3v) is 2.05. The Morgan fingerprint density at radius 2 is 1.93 bits per heavy atom. The maximum Gasteiger partial charge on any atom is 0.504 e. The predicted octanol–water partition coefficient (Wildman–Crippen LogP) is 1.33. The van der Waals surface area contributed by atoms with Crippen LogP contribution in [0.1, 0.15) is 26.3 Å². The van der Waals surface area contributed by atoms with Gasteiger partial charge in [-0.15, -0.1) is 0 Å². The highest BCUT2D eigenvalue weighted by Gasteiger charge is 2.15. The Balaban J connectivity index is 3.01. The fraction of sp³-hybridized carbons (Fsp3) is 0.400. The number of hydrogen-bond acceptors (Lipinski definition) is 3. The summed E-state index contributed by atoms with van der Waals surface area (Å²) in [6.45, 7) is 6.19. The Bertz CT molecular complexity index is 318. The Hall–Kier alpha value is -1.16. The van der Waals surface area contributed by atoms with E-state index in [1.54, 1.807) is 12.1 Å². The zero-order chi connectivity index (χ0) is 10.8. The molecule has 1 rings (SSSR count). The van der Waals surface area contributed by atoms with Crippen LogP contribution in [0, 0.1) is 0 Å². The maximum atomic E-state index is 9.55. The molecule has 0 atom stereocenters. The minimum atomic E-state index is -0.428. The molecular weight excluding hydrogens is 179 g/mol. The van der Waals surface area contributed by atoms with Gasteiger partial charge in [0.1, 0.15) is 5.75 Å². The maximum absolute atomic E-state index is 9.55. The van der Waals surface area contributed by atoms with Crippen molar-refractivity contribution >= 4 is 7.69 Å². The minimum Gasteiger partial charge on any atom is -0.536 e. The highest BCUT2D eigenvalue weighted by molar-refractivity contribution is 6.17. The van der Waals surface area contributed by atoms with Crippen LogP contribution in [0.2, 0.25) is 0 Å². The number of phenolic OH excluding ortho intramolecular Hbond substituents is 1. The van der Waals surface area contributed by atoms with E-state index >= 15 is 0 Å². The average molecular weight is 194 g/mol. The largest absolute Gasteiger partial charge is 0.536 e. The molecule has 0 aliphatic carbocycles. The molecule has 4 heteroatoms. The first-order valence-electron chi connectivity index (χ1n) is 4.52. The third-order valence-electron chi connectivity index (χ3n) is 2.05. The van der Waals surface area contributed by atoms with Crippen LogP contribution in [0.25, 0.3) is 0 Å². The lowest BCUT2D eigenvalue weighted by Gasteiger charge is -2.19. The topological polar surface area (TPSA) is 49.7 Å². The van der Waals surface area contributed by atoms with Crippen LogP contribution >= 0.6 is 0 Å². The molecule has 1 aromatic carbocycles. The van der Waals surface area contributed by atoms with E-state index < -0.39 is 7.69 Å². The van der Waals surface area contributed by atoms with Crippen LogP contribution < -0.4 is 4.65 Å². The van der Waals surface area contributed by atoms with E-state index in [1.807, 2.05) is 6.07 Å². The summed E-state index contributed by atoms with van der Waals surface area (Å²) < 4.78 is 4.81. The monoisotopic (exact) mass is 194 g/mol. The van der Waals surface area contributed by atoms with Crippen molar-refractivity contribution in [2.75, 3.05) is 0 Å². The predicted molar refractivity (Wildman–Crippen MR) is 56.8 cm³/mol. The van der Waals surface area contributed by atoms with Crippen LogP contribution in [0.15, 0.2) is 18.2 Å². The zero-order valence-electron chi connectivity index (χ0n) is 8.74. The van der Waals surface area contributed by atoms with Crippen LogP contribution in [0.4, 0.5) is 0 Å². The van der Waals surface area contributed by atoms with E-state index in [1.165, 1.54) is 0 Å². The molecule has 0 spiro atoms. The van der Waals surface area contributed by atoms with Crippen molar-refractivity contribution in [3.8, 4) is 11.5 Å². The van der Waals surface area contributed by atoms with Crippen molar-refractivity contribution in [2.45, 2.75) is 26.2 Å². The van der Waals surface area contributed by atoms with Crippen molar-refractivity contribution in [1.82, 2.24) is 0 Å². The van der Waals surface area contributed by atoms with Crippen molar-refractivity contribution in [2.24, 2.45) is 0 Å². The van der Waals surface area contributed by atoms with Gasteiger partial charge in [0.25, 0.3) is 0 Å². The Kier molecular flexibility index (Phi) is 3.06. The van der Waals surface area contributed by atoms with E-state index in [-0.39, 0.29) is 11.2 Å². The Morgan fingerprint density at radius 1 is 1.29 bits per heavy atom. The zero-order valence-corrected chi connectivity index (χ0v) is 8.74. The van der Waals surface area contributed by atoms with Crippen molar-refractivity contribution < 1.29 is 14.8 Å². The molecule has 0 aromatic heterocycles. The van der Waals surface area contributed by atoms with Gasteiger partial charge in [-0.3, -0.25) is 0 Å². The lowest BCUT2D eigenvalue weighted by atomic mass is 9.87. The van der Waals surface area contributed by atoms with Gasteiger partial charge in [0.2, 0.25) is 0 Å². The Labute approximate surface area is 84.7 Å². The highest BCUT2D eigenvalue weighted by atomic mass is 16.5. The molecule has 1 aromatic rings. The van der Waals surface area contributed by atoms with Crippen LogP contribution in [0.3, 0.4) is 0 Å². The lowest BCUT2D eigenvalue weighted by Crippen LogP contribution is -2.11. The standard InChI is InChI=1S/C10H15BO3/c1-10(2,3)7-4-5-9(14-11-13)8(12)6-7/h4-6,11-13H,1-3H3. The summed E-state index contributed by atoms with van der Waals surface area (Å²) >= 11 is 0. The molecular formula is C10H15BO3. The van der Waals surface area contributed by atoms with Gasteiger partial charge in [-0.05, 0) is 23.1 Å². The second kappa shape index (κ2) is 3.92. The van der Waals surface area contributed by atoms with Crippen LogP contribution in [0.5, 0.6) is 11.5 Å². The first-order chi connectivity index (χ1) is 6.45. The fourth-order valence-corrected chi connectivity index (χ4v) is 1.18. The normalized spacial score (nSPS) is 11.1. The van der Waals surface area contributed by atoms with Gasteiger partial charge in [0, 0.05) is 0 Å². The van der Waals surface area contributed by atoms with Gasteiger partial charge in [-0.2, -0.15) is 0 Å². The summed E-state index contributed by atoms with van der Waals surface area (Å²) in [5.41, 5.74) is 1.02. The quantitative estimate of drug-likeness (QED) is 0.698. The van der Waals surface area contributed by atoms with E-state index in [0.29, 0.717) is 5.75 Å². The third kappa shape index (κ3) is 2.42. The van der Waals surface area contributed by atoms with Gasteiger partial charge in [-0.25, -0.2) is 0 Å². The van der Waals surface area contributed by atoms with Crippen molar-refractivity contribution in [3.05, 3.63) is 23.8 Å². The number of rotatable bonds is 2. The van der Waals surface area contributed by atoms with Gasteiger partial charge in [0.05, 0.1) is 0 Å². The van der Waals surface area contributed by atoms with Crippen LogP contribution in [-0.4, -0.2) is 17.8 Å². The molecule has 0 bridgehead atoms. The van der Waals surface area contributed by atoms with Gasteiger partial charge in [-0.1, -0.05) is 26.8 Å². The first-order valence-corrected chi connectivity index (χ1v) is 4.52. The van der Waals surface area contributed by atoms with E-state index in [0.717, 1.165) is 5.56 Å². The van der Waals surface area contributed by atoms with Crippen LogP contribution in [-0.2, 0) is 5.41 Å². The van der Waals surface area contributed by atoms with E-state index in [4.69, 9.17) is 9.68 Å². The van der Waals surface area contributed by atoms with Gasteiger partial charge >= 0.3 is 7.69 Å². The van der Waals surface area contributed by atoms with Gasteiger partial charge in [0.15, 0.2) is 5.75 Å². The number of aromatic hydroxyl groups is 1. The molecule has 2 N–H and O–H groups in total. The SMILES string of the molecule is CC(C)(C)c1ccc(OBO)c(O)c1. The highest BCUT2D eigenvalue weighted by Crippen LogP contribution is 2.31. The van der Waals surface area contributed by atoms with E-state index in [2.05, 4.69) is 20.8 Å². The molecule has 0 saturated heterocycles. The molecule has 0 aliphatic rings.